The van der Waals surface area contributed by atoms with Crippen LogP contribution in [0.4, 0.5) is 0 Å². The Labute approximate surface area is 138 Å². The zero-order valence-corrected chi connectivity index (χ0v) is 13.1. The molecule has 0 amide bonds. The van der Waals surface area contributed by atoms with Crippen molar-refractivity contribution in [3.8, 4) is 11.3 Å². The van der Waals surface area contributed by atoms with Crippen LogP contribution in [0.15, 0.2) is 75.9 Å². The predicted octanol–water partition coefficient (Wildman–Crippen LogP) is 4.44. The third-order valence-corrected chi connectivity index (χ3v) is 4.09. The molecule has 1 aliphatic heterocycles. The molecule has 0 fully saturated rings. The van der Waals surface area contributed by atoms with Gasteiger partial charge in [-0.3, -0.25) is 9.59 Å². The fourth-order valence-corrected chi connectivity index (χ4v) is 2.88. The highest BCUT2D eigenvalue weighted by molar-refractivity contribution is 6.09. The van der Waals surface area contributed by atoms with Crippen molar-refractivity contribution in [2.45, 2.75) is 6.92 Å². The molecular formula is C21H14O3. The number of fused-ring (bicyclic) bond motifs is 2. The molecule has 2 aliphatic rings. The van der Waals surface area contributed by atoms with Crippen molar-refractivity contribution < 1.29 is 9.21 Å². The summed E-state index contributed by atoms with van der Waals surface area (Å²) in [6.45, 7) is 1.92. The summed E-state index contributed by atoms with van der Waals surface area (Å²) >= 11 is 0. The van der Waals surface area contributed by atoms with Gasteiger partial charge in [-0.1, -0.05) is 42.0 Å². The Morgan fingerprint density at radius 2 is 1.75 bits per heavy atom. The monoisotopic (exact) mass is 314 g/mol. The van der Waals surface area contributed by atoms with Gasteiger partial charge in [0.2, 0.25) is 0 Å². The van der Waals surface area contributed by atoms with Gasteiger partial charge in [0.1, 0.15) is 11.3 Å². The Kier molecular flexibility index (Phi) is 3.28. The van der Waals surface area contributed by atoms with E-state index in [1.165, 1.54) is 6.07 Å². The van der Waals surface area contributed by atoms with Crippen molar-refractivity contribution in [2.75, 3.05) is 0 Å². The summed E-state index contributed by atoms with van der Waals surface area (Å²) in [6, 6.07) is 19.8. The first kappa shape index (κ1) is 14.4. The average Bonchev–Trinajstić information content (AvgIpc) is 2.59. The number of benzene rings is 3. The SMILES string of the molecule is Cc1cccc(C(=O)c2cc3cc4ccccc4oc-3cc2=O)c1. The lowest BCUT2D eigenvalue weighted by Crippen LogP contribution is -2.15. The molecule has 0 unspecified atom stereocenters. The summed E-state index contributed by atoms with van der Waals surface area (Å²) < 4.78 is 5.78. The molecule has 3 nitrogen and oxygen atoms in total. The van der Waals surface area contributed by atoms with E-state index in [0.29, 0.717) is 16.9 Å². The molecule has 4 rings (SSSR count). The Morgan fingerprint density at radius 3 is 2.58 bits per heavy atom. The lowest BCUT2D eigenvalue weighted by molar-refractivity contribution is 0.103. The van der Waals surface area contributed by atoms with E-state index in [4.69, 9.17) is 4.42 Å². The number of ketones is 1. The van der Waals surface area contributed by atoms with Crippen LogP contribution in [0.3, 0.4) is 0 Å². The number of para-hydroxylation sites is 1. The van der Waals surface area contributed by atoms with Crippen molar-refractivity contribution >= 4 is 16.8 Å². The van der Waals surface area contributed by atoms with E-state index in [1.807, 2.05) is 49.4 Å². The van der Waals surface area contributed by atoms with E-state index in [2.05, 4.69) is 0 Å². The Hall–Kier alpha value is -3.20. The molecule has 0 bridgehead atoms. The van der Waals surface area contributed by atoms with Gasteiger partial charge in [0.25, 0.3) is 0 Å². The van der Waals surface area contributed by atoms with E-state index in [0.717, 1.165) is 16.5 Å². The Bertz CT molecular complexity index is 1110. The summed E-state index contributed by atoms with van der Waals surface area (Å²) in [5.74, 6) is 0.221. The van der Waals surface area contributed by atoms with Crippen molar-refractivity contribution in [2.24, 2.45) is 0 Å². The molecule has 0 N–H and O–H groups in total. The maximum absolute atomic E-state index is 12.7. The second-order valence-corrected chi connectivity index (χ2v) is 5.87. The minimum atomic E-state index is -0.326. The molecule has 24 heavy (non-hydrogen) atoms. The fourth-order valence-electron chi connectivity index (χ4n) is 2.88. The van der Waals surface area contributed by atoms with Crippen molar-refractivity contribution in [3.63, 3.8) is 0 Å². The van der Waals surface area contributed by atoms with Crippen LogP contribution in [0.1, 0.15) is 21.5 Å². The van der Waals surface area contributed by atoms with Crippen molar-refractivity contribution in [3.05, 3.63) is 93.6 Å². The number of hydrogen-bond donors (Lipinski definition) is 0. The maximum Gasteiger partial charge on any atom is 0.196 e. The highest BCUT2D eigenvalue weighted by Crippen LogP contribution is 2.28. The topological polar surface area (TPSA) is 47.3 Å². The fraction of sp³-hybridized carbons (Fsp3) is 0.0476. The molecule has 116 valence electrons. The minimum absolute atomic E-state index is 0.165. The van der Waals surface area contributed by atoms with Gasteiger partial charge >= 0.3 is 0 Å². The van der Waals surface area contributed by atoms with Crippen LogP contribution in [0.2, 0.25) is 0 Å². The van der Waals surface area contributed by atoms with Crippen LogP contribution >= 0.6 is 0 Å². The molecule has 1 aliphatic carbocycles. The Balaban J connectivity index is 1.91. The van der Waals surface area contributed by atoms with Crippen LogP contribution in [-0.2, 0) is 0 Å². The normalized spacial score (nSPS) is 11.0. The van der Waals surface area contributed by atoms with Crippen molar-refractivity contribution in [1.29, 1.82) is 0 Å². The molecule has 2 aromatic rings. The Morgan fingerprint density at radius 1 is 0.917 bits per heavy atom. The molecule has 1 heterocycles. The lowest BCUT2D eigenvalue weighted by atomic mass is 9.97. The number of aryl methyl sites for hydroxylation is 1. The first-order chi connectivity index (χ1) is 11.6. The van der Waals surface area contributed by atoms with Gasteiger partial charge in [0, 0.05) is 22.6 Å². The molecule has 0 spiro atoms. The number of carbonyl (C=O) groups excluding carboxylic acids is 1. The minimum Gasteiger partial charge on any atom is -0.456 e. The molecule has 0 saturated carbocycles. The molecule has 0 radical (unpaired) electrons. The van der Waals surface area contributed by atoms with Crippen LogP contribution in [0, 0.1) is 6.92 Å². The first-order valence-electron chi connectivity index (χ1n) is 7.70. The first-order valence-corrected chi connectivity index (χ1v) is 7.70. The van der Waals surface area contributed by atoms with Gasteiger partial charge in [-0.05, 0) is 31.2 Å². The van der Waals surface area contributed by atoms with Crippen LogP contribution in [0.5, 0.6) is 0 Å². The van der Waals surface area contributed by atoms with Crippen molar-refractivity contribution in [1.82, 2.24) is 0 Å². The highest BCUT2D eigenvalue weighted by Gasteiger charge is 2.17. The van der Waals surface area contributed by atoms with Crippen LogP contribution in [0.25, 0.3) is 22.3 Å². The average molecular weight is 314 g/mol. The third kappa shape index (κ3) is 2.40. The van der Waals surface area contributed by atoms with Crippen LogP contribution in [-0.4, -0.2) is 5.78 Å². The smallest absolute Gasteiger partial charge is 0.196 e. The number of carbonyl (C=O) groups is 1. The molecule has 0 saturated heterocycles. The van der Waals surface area contributed by atoms with Crippen LogP contribution < -0.4 is 5.43 Å². The van der Waals surface area contributed by atoms with E-state index in [1.54, 1.807) is 18.2 Å². The van der Waals surface area contributed by atoms with Gasteiger partial charge in [-0.15, -0.1) is 0 Å². The van der Waals surface area contributed by atoms with Gasteiger partial charge in [-0.2, -0.15) is 0 Å². The lowest BCUT2D eigenvalue weighted by Gasteiger charge is -2.09. The zero-order valence-electron chi connectivity index (χ0n) is 13.1. The van der Waals surface area contributed by atoms with E-state index in [9.17, 15) is 9.59 Å². The predicted molar refractivity (Wildman–Crippen MR) is 93.7 cm³/mol. The van der Waals surface area contributed by atoms with E-state index in [-0.39, 0.29) is 16.8 Å². The summed E-state index contributed by atoms with van der Waals surface area (Å²) in [6.07, 6.45) is 0. The summed E-state index contributed by atoms with van der Waals surface area (Å²) in [7, 11) is 0. The second-order valence-electron chi connectivity index (χ2n) is 5.87. The molecule has 2 aromatic carbocycles. The van der Waals surface area contributed by atoms with Gasteiger partial charge in [0.05, 0.1) is 5.56 Å². The number of hydrogen-bond acceptors (Lipinski definition) is 3. The maximum atomic E-state index is 12.7. The molecule has 0 aromatic heterocycles. The zero-order chi connectivity index (χ0) is 16.7. The van der Waals surface area contributed by atoms with Gasteiger partial charge in [0.15, 0.2) is 11.2 Å². The van der Waals surface area contributed by atoms with E-state index < -0.39 is 0 Å². The van der Waals surface area contributed by atoms with E-state index >= 15 is 0 Å². The molecule has 0 atom stereocenters. The standard InChI is InChI=1S/C21H14O3/c1-13-5-4-7-15(9-13)21(23)17-11-16-10-14-6-2-3-8-19(14)24-20(16)12-18(17)22/h2-12H,1H3. The quantitative estimate of drug-likeness (QED) is 0.406. The second kappa shape index (κ2) is 5.46. The third-order valence-electron chi connectivity index (χ3n) is 4.09. The summed E-state index contributed by atoms with van der Waals surface area (Å²) in [5.41, 5.74) is 2.79. The summed E-state index contributed by atoms with van der Waals surface area (Å²) in [4.78, 5) is 25.1. The summed E-state index contributed by atoms with van der Waals surface area (Å²) in [5, 5.41) is 0.928. The largest absolute Gasteiger partial charge is 0.456 e. The molecule has 3 heteroatoms. The number of rotatable bonds is 2. The van der Waals surface area contributed by atoms with Gasteiger partial charge in [-0.25, -0.2) is 0 Å². The van der Waals surface area contributed by atoms with Gasteiger partial charge < -0.3 is 4.42 Å². The highest BCUT2D eigenvalue weighted by atomic mass is 16.3. The molecular weight excluding hydrogens is 300 g/mol.